The molecule has 0 aliphatic rings. The number of carboxylic acids is 1. The van der Waals surface area contributed by atoms with Gasteiger partial charge in [-0.1, -0.05) is 6.92 Å². The van der Waals surface area contributed by atoms with Crippen LogP contribution in [-0.2, 0) is 6.42 Å². The lowest BCUT2D eigenvalue weighted by Gasteiger charge is -2.10. The van der Waals surface area contributed by atoms with Crippen LogP contribution in [0.3, 0.4) is 0 Å². The normalized spacial score (nSPS) is 10.8. The number of aromatic carboxylic acids is 1. The average molecular weight is 235 g/mol. The summed E-state index contributed by atoms with van der Waals surface area (Å²) < 4.78 is 6.57. The van der Waals surface area contributed by atoms with Crippen LogP contribution in [0.5, 0.6) is 5.88 Å². The second kappa shape index (κ2) is 4.04. The molecule has 0 bridgehead atoms. The minimum atomic E-state index is -1.05. The predicted octanol–water partition coefficient (Wildman–Crippen LogP) is 1.31. The smallest absolute Gasteiger partial charge is 0.343 e. The predicted molar refractivity (Wildman–Crippen MR) is 60.6 cm³/mol. The topological polar surface area (TPSA) is 76.7 Å². The second-order valence-electron chi connectivity index (χ2n) is 3.66. The molecule has 0 saturated heterocycles. The zero-order chi connectivity index (χ0) is 12.6. The van der Waals surface area contributed by atoms with Crippen LogP contribution in [0, 0.1) is 6.92 Å². The number of aryl methyl sites for hydroxylation is 2. The largest absolute Gasteiger partial charge is 0.480 e. The first-order valence-electron chi connectivity index (χ1n) is 5.25. The molecular weight excluding hydrogens is 222 g/mol. The fraction of sp³-hybridized carbons (Fsp3) is 0.364. The molecule has 17 heavy (non-hydrogen) atoms. The van der Waals surface area contributed by atoms with E-state index in [1.54, 1.807) is 6.07 Å². The van der Waals surface area contributed by atoms with Gasteiger partial charge in [0.05, 0.1) is 18.5 Å². The van der Waals surface area contributed by atoms with E-state index in [2.05, 4.69) is 10.1 Å². The number of hydrogen-bond donors (Lipinski definition) is 1. The van der Waals surface area contributed by atoms with E-state index in [0.717, 1.165) is 5.69 Å². The molecule has 2 heterocycles. The molecule has 0 fully saturated rings. The fourth-order valence-corrected chi connectivity index (χ4v) is 1.80. The van der Waals surface area contributed by atoms with Gasteiger partial charge in [-0.2, -0.15) is 9.61 Å². The lowest BCUT2D eigenvalue weighted by atomic mass is 10.2. The highest BCUT2D eigenvalue weighted by atomic mass is 16.5. The molecule has 6 nitrogen and oxygen atoms in total. The molecule has 0 saturated carbocycles. The van der Waals surface area contributed by atoms with E-state index in [4.69, 9.17) is 4.74 Å². The highest BCUT2D eigenvalue weighted by Gasteiger charge is 2.21. The summed E-state index contributed by atoms with van der Waals surface area (Å²) in [4.78, 5) is 15.5. The van der Waals surface area contributed by atoms with Crippen molar-refractivity contribution in [1.82, 2.24) is 14.6 Å². The number of aromatic nitrogens is 3. The molecular formula is C11H13N3O3. The zero-order valence-corrected chi connectivity index (χ0v) is 9.89. The van der Waals surface area contributed by atoms with E-state index in [9.17, 15) is 9.90 Å². The van der Waals surface area contributed by atoms with Gasteiger partial charge in [-0.15, -0.1) is 0 Å². The van der Waals surface area contributed by atoms with Crippen LogP contribution < -0.4 is 4.74 Å². The number of carbonyl (C=O) groups is 1. The van der Waals surface area contributed by atoms with Crippen LogP contribution in [0.15, 0.2) is 6.07 Å². The molecule has 2 aromatic heterocycles. The van der Waals surface area contributed by atoms with Crippen molar-refractivity contribution >= 4 is 11.6 Å². The van der Waals surface area contributed by atoms with Crippen molar-refractivity contribution in [2.24, 2.45) is 0 Å². The molecule has 1 N–H and O–H groups in total. The molecule has 0 atom stereocenters. The Morgan fingerprint density at radius 1 is 1.59 bits per heavy atom. The van der Waals surface area contributed by atoms with E-state index in [1.165, 1.54) is 11.6 Å². The Hall–Kier alpha value is -2.11. The van der Waals surface area contributed by atoms with Crippen LogP contribution in [0.1, 0.15) is 28.7 Å². The van der Waals surface area contributed by atoms with E-state index in [0.29, 0.717) is 17.8 Å². The van der Waals surface area contributed by atoms with Crippen LogP contribution in [-0.4, -0.2) is 32.8 Å². The highest BCUT2D eigenvalue weighted by Crippen LogP contribution is 2.23. The van der Waals surface area contributed by atoms with Gasteiger partial charge >= 0.3 is 5.97 Å². The molecule has 0 aliphatic heterocycles. The van der Waals surface area contributed by atoms with Gasteiger partial charge in [0.2, 0.25) is 5.88 Å². The maximum Gasteiger partial charge on any atom is 0.343 e. The van der Waals surface area contributed by atoms with Crippen LogP contribution in [0.25, 0.3) is 5.65 Å². The Bertz CT molecular complexity index is 589. The second-order valence-corrected chi connectivity index (χ2v) is 3.66. The number of ether oxygens (including phenoxy) is 1. The van der Waals surface area contributed by atoms with Crippen molar-refractivity contribution in [1.29, 1.82) is 0 Å². The SMILES string of the molecule is CCc1nc2cc(C)nn2c(OC)c1C(=O)O. The zero-order valence-electron chi connectivity index (χ0n) is 9.89. The Morgan fingerprint density at radius 3 is 2.82 bits per heavy atom. The third kappa shape index (κ3) is 1.71. The van der Waals surface area contributed by atoms with Gasteiger partial charge in [-0.3, -0.25) is 0 Å². The van der Waals surface area contributed by atoms with Crippen LogP contribution in [0.2, 0.25) is 0 Å². The fourth-order valence-electron chi connectivity index (χ4n) is 1.80. The van der Waals surface area contributed by atoms with Crippen molar-refractivity contribution in [3.05, 3.63) is 23.0 Å². The van der Waals surface area contributed by atoms with Gasteiger partial charge in [0.25, 0.3) is 0 Å². The molecule has 0 amide bonds. The summed E-state index contributed by atoms with van der Waals surface area (Å²) in [6.07, 6.45) is 0.527. The molecule has 0 unspecified atom stereocenters. The van der Waals surface area contributed by atoms with Crippen molar-refractivity contribution in [2.75, 3.05) is 7.11 Å². The number of rotatable bonds is 3. The van der Waals surface area contributed by atoms with Crippen LogP contribution >= 0.6 is 0 Å². The Labute approximate surface area is 97.9 Å². The number of methoxy groups -OCH3 is 1. The molecule has 2 rings (SSSR count). The molecule has 90 valence electrons. The minimum Gasteiger partial charge on any atom is -0.480 e. The van der Waals surface area contributed by atoms with Gasteiger partial charge in [-0.05, 0) is 13.3 Å². The first-order valence-corrected chi connectivity index (χ1v) is 5.25. The Morgan fingerprint density at radius 2 is 2.29 bits per heavy atom. The van der Waals surface area contributed by atoms with E-state index in [-0.39, 0.29) is 11.4 Å². The Balaban J connectivity index is 2.88. The summed E-state index contributed by atoms with van der Waals surface area (Å²) in [5.74, 6) is -0.839. The van der Waals surface area contributed by atoms with Crippen molar-refractivity contribution in [3.8, 4) is 5.88 Å². The molecule has 0 aromatic carbocycles. The maximum atomic E-state index is 11.2. The number of fused-ring (bicyclic) bond motifs is 1. The summed E-state index contributed by atoms with van der Waals surface area (Å²) in [6.45, 7) is 3.67. The third-order valence-electron chi connectivity index (χ3n) is 2.50. The number of nitrogens with zero attached hydrogens (tertiary/aromatic N) is 3. The van der Waals surface area contributed by atoms with Crippen molar-refractivity contribution < 1.29 is 14.6 Å². The first kappa shape index (κ1) is 11.4. The highest BCUT2D eigenvalue weighted by molar-refractivity contribution is 5.92. The number of hydrogen-bond acceptors (Lipinski definition) is 4. The van der Waals surface area contributed by atoms with Gasteiger partial charge in [0.15, 0.2) is 5.65 Å². The molecule has 6 heteroatoms. The van der Waals surface area contributed by atoms with Crippen molar-refractivity contribution in [2.45, 2.75) is 20.3 Å². The molecule has 2 aromatic rings. The van der Waals surface area contributed by atoms with Gasteiger partial charge < -0.3 is 9.84 Å². The standard InChI is InChI=1S/C11H13N3O3/c1-4-7-9(11(15)16)10(17-3)14-8(12-7)5-6(2)13-14/h5H,4H2,1-3H3,(H,15,16). The minimum absolute atomic E-state index is 0.0746. The summed E-state index contributed by atoms with van der Waals surface area (Å²) in [5.41, 5.74) is 1.94. The van der Waals surface area contributed by atoms with Gasteiger partial charge in [-0.25, -0.2) is 9.78 Å². The number of carboxylic acid groups (broad SMARTS) is 1. The first-order chi connectivity index (χ1) is 8.08. The van der Waals surface area contributed by atoms with E-state index >= 15 is 0 Å². The summed E-state index contributed by atoms with van der Waals surface area (Å²) in [7, 11) is 1.43. The molecule has 0 spiro atoms. The lowest BCUT2D eigenvalue weighted by Crippen LogP contribution is -2.12. The van der Waals surface area contributed by atoms with Crippen molar-refractivity contribution in [3.63, 3.8) is 0 Å². The maximum absolute atomic E-state index is 11.2. The summed E-state index contributed by atoms with van der Waals surface area (Å²) in [6, 6.07) is 1.79. The van der Waals surface area contributed by atoms with Gasteiger partial charge in [0.1, 0.15) is 5.56 Å². The van der Waals surface area contributed by atoms with E-state index in [1.807, 2.05) is 13.8 Å². The average Bonchev–Trinajstić information content (AvgIpc) is 2.65. The summed E-state index contributed by atoms with van der Waals surface area (Å²) in [5, 5.41) is 13.4. The monoisotopic (exact) mass is 235 g/mol. The van der Waals surface area contributed by atoms with Crippen LogP contribution in [0.4, 0.5) is 0 Å². The lowest BCUT2D eigenvalue weighted by molar-refractivity contribution is 0.0690. The quantitative estimate of drug-likeness (QED) is 0.867. The third-order valence-corrected chi connectivity index (χ3v) is 2.50. The Kier molecular flexibility index (Phi) is 2.71. The molecule has 0 aliphatic carbocycles. The van der Waals surface area contributed by atoms with E-state index < -0.39 is 5.97 Å². The molecule has 0 radical (unpaired) electrons. The summed E-state index contributed by atoms with van der Waals surface area (Å²) >= 11 is 0. The van der Waals surface area contributed by atoms with Gasteiger partial charge in [0, 0.05) is 6.07 Å².